The molecular weight excluding hydrogens is 196 g/mol. The van der Waals surface area contributed by atoms with E-state index in [0.29, 0.717) is 24.5 Å². The zero-order chi connectivity index (χ0) is 11.4. The number of hydrogen-bond donors (Lipinski definition) is 0. The van der Waals surface area contributed by atoms with E-state index in [4.69, 9.17) is 14.2 Å². The van der Waals surface area contributed by atoms with Crippen LogP contribution in [0.15, 0.2) is 11.3 Å². The summed E-state index contributed by atoms with van der Waals surface area (Å²) in [6.07, 6.45) is -0.352. The van der Waals surface area contributed by atoms with E-state index in [-0.39, 0.29) is 18.2 Å². The Morgan fingerprint density at radius 3 is 2.60 bits per heavy atom. The first-order valence-corrected chi connectivity index (χ1v) is 5.27. The van der Waals surface area contributed by atoms with E-state index in [1.54, 1.807) is 13.8 Å². The first-order chi connectivity index (χ1) is 7.11. The van der Waals surface area contributed by atoms with Gasteiger partial charge >= 0.3 is 5.97 Å². The van der Waals surface area contributed by atoms with Crippen LogP contribution in [0.4, 0.5) is 0 Å². The van der Waals surface area contributed by atoms with Crippen LogP contribution in [0.5, 0.6) is 0 Å². The fraction of sp³-hybridized carbons (Fsp3) is 0.727. The van der Waals surface area contributed by atoms with Crippen molar-refractivity contribution in [1.82, 2.24) is 0 Å². The minimum absolute atomic E-state index is 0.0657. The summed E-state index contributed by atoms with van der Waals surface area (Å²) in [4.78, 5) is 11.6. The Morgan fingerprint density at radius 2 is 2.07 bits per heavy atom. The monoisotopic (exact) mass is 214 g/mol. The van der Waals surface area contributed by atoms with E-state index >= 15 is 0 Å². The largest absolute Gasteiger partial charge is 0.468 e. The van der Waals surface area contributed by atoms with Gasteiger partial charge in [0.2, 0.25) is 6.29 Å². The van der Waals surface area contributed by atoms with E-state index in [1.165, 1.54) is 0 Å². The predicted octanol–water partition coefficient (Wildman–Crippen LogP) is 1.85. The van der Waals surface area contributed by atoms with Crippen molar-refractivity contribution in [2.45, 2.75) is 34.0 Å². The molecule has 1 rings (SSSR count). The van der Waals surface area contributed by atoms with Crippen LogP contribution in [-0.4, -0.2) is 25.5 Å². The number of carbonyl (C=O) groups excluding carboxylic acids is 1. The molecule has 1 aliphatic heterocycles. The molecule has 0 aromatic rings. The molecule has 15 heavy (non-hydrogen) atoms. The molecule has 4 heteroatoms. The second-order valence-corrected chi connectivity index (χ2v) is 3.42. The molecule has 0 aromatic carbocycles. The van der Waals surface area contributed by atoms with Gasteiger partial charge in [-0.25, -0.2) is 4.79 Å². The highest BCUT2D eigenvalue weighted by atomic mass is 16.7. The quantitative estimate of drug-likeness (QED) is 0.670. The standard InChI is InChI=1S/C11H18O4/c1-5-13-10(12)9-7(3)11(14-6-2)15-8(9)4/h7,11H,5-6H2,1-4H3/t7-,11-/m0/s1. The highest BCUT2D eigenvalue weighted by Gasteiger charge is 2.36. The zero-order valence-corrected chi connectivity index (χ0v) is 9.70. The van der Waals surface area contributed by atoms with Crippen LogP contribution in [0.1, 0.15) is 27.7 Å². The van der Waals surface area contributed by atoms with Crippen molar-refractivity contribution in [2.24, 2.45) is 5.92 Å². The fourth-order valence-corrected chi connectivity index (χ4v) is 1.68. The van der Waals surface area contributed by atoms with Crippen molar-refractivity contribution in [1.29, 1.82) is 0 Å². The Bertz CT molecular complexity index is 270. The topological polar surface area (TPSA) is 44.8 Å². The third-order valence-corrected chi connectivity index (χ3v) is 2.36. The molecule has 0 saturated carbocycles. The molecule has 0 aromatic heterocycles. The average Bonchev–Trinajstić information content (AvgIpc) is 2.43. The number of allylic oxidation sites excluding steroid dienone is 1. The normalized spacial score (nSPS) is 25.3. The molecule has 0 bridgehead atoms. The van der Waals surface area contributed by atoms with Crippen LogP contribution in [0.3, 0.4) is 0 Å². The van der Waals surface area contributed by atoms with Gasteiger partial charge in [-0.3, -0.25) is 0 Å². The van der Waals surface area contributed by atoms with Gasteiger partial charge in [0.1, 0.15) is 5.76 Å². The van der Waals surface area contributed by atoms with Crippen molar-refractivity contribution in [3.63, 3.8) is 0 Å². The summed E-state index contributed by atoms with van der Waals surface area (Å²) in [5, 5.41) is 0. The summed E-state index contributed by atoms with van der Waals surface area (Å²) in [5.41, 5.74) is 0.593. The molecular formula is C11H18O4. The lowest BCUT2D eigenvalue weighted by atomic mass is 10.0. The number of rotatable bonds is 4. The first kappa shape index (κ1) is 12.0. The molecule has 0 amide bonds. The molecule has 0 spiro atoms. The third-order valence-electron chi connectivity index (χ3n) is 2.36. The lowest BCUT2D eigenvalue weighted by Gasteiger charge is -2.16. The minimum atomic E-state index is -0.352. The molecule has 4 nitrogen and oxygen atoms in total. The number of carbonyl (C=O) groups is 1. The smallest absolute Gasteiger partial charge is 0.337 e. The van der Waals surface area contributed by atoms with Gasteiger partial charge in [-0.1, -0.05) is 6.92 Å². The Morgan fingerprint density at radius 1 is 1.40 bits per heavy atom. The van der Waals surface area contributed by atoms with Gasteiger partial charge in [0.05, 0.1) is 18.1 Å². The van der Waals surface area contributed by atoms with Crippen LogP contribution in [0.2, 0.25) is 0 Å². The molecule has 0 fully saturated rings. The van der Waals surface area contributed by atoms with Gasteiger partial charge in [-0.05, 0) is 20.8 Å². The molecule has 0 unspecified atom stereocenters. The van der Waals surface area contributed by atoms with E-state index in [1.807, 2.05) is 13.8 Å². The number of esters is 1. The van der Waals surface area contributed by atoms with E-state index in [2.05, 4.69) is 0 Å². The third kappa shape index (κ3) is 2.50. The lowest BCUT2D eigenvalue weighted by molar-refractivity contribution is -0.140. The summed E-state index contributed by atoms with van der Waals surface area (Å²) in [6, 6.07) is 0. The fourth-order valence-electron chi connectivity index (χ4n) is 1.68. The summed E-state index contributed by atoms with van der Waals surface area (Å²) < 4.78 is 15.8. The second-order valence-electron chi connectivity index (χ2n) is 3.42. The highest BCUT2D eigenvalue weighted by Crippen LogP contribution is 2.32. The minimum Gasteiger partial charge on any atom is -0.468 e. The summed E-state index contributed by atoms with van der Waals surface area (Å²) >= 11 is 0. The van der Waals surface area contributed by atoms with E-state index < -0.39 is 0 Å². The predicted molar refractivity (Wildman–Crippen MR) is 55.0 cm³/mol. The number of ether oxygens (including phenoxy) is 3. The van der Waals surface area contributed by atoms with Crippen molar-refractivity contribution in [3.05, 3.63) is 11.3 Å². The van der Waals surface area contributed by atoms with Crippen LogP contribution >= 0.6 is 0 Å². The molecule has 1 aliphatic rings. The molecule has 0 aliphatic carbocycles. The van der Waals surface area contributed by atoms with Gasteiger partial charge in [0, 0.05) is 6.61 Å². The molecule has 1 heterocycles. The zero-order valence-electron chi connectivity index (χ0n) is 9.70. The lowest BCUT2D eigenvalue weighted by Crippen LogP contribution is -2.22. The summed E-state index contributed by atoms with van der Waals surface area (Å²) in [6.45, 7) is 8.30. The molecule has 0 radical (unpaired) electrons. The Hall–Kier alpha value is -1.03. The van der Waals surface area contributed by atoms with Crippen LogP contribution in [-0.2, 0) is 19.0 Å². The summed E-state index contributed by atoms with van der Waals surface area (Å²) in [7, 11) is 0. The van der Waals surface area contributed by atoms with Gasteiger partial charge in [0.15, 0.2) is 0 Å². The molecule has 86 valence electrons. The SMILES string of the molecule is CCOC(=O)C1=C(C)O[C@H](OCC)[C@H]1C. The van der Waals surface area contributed by atoms with Gasteiger partial charge < -0.3 is 14.2 Å². The summed E-state index contributed by atoms with van der Waals surface area (Å²) in [5.74, 6) is 0.244. The molecule has 0 saturated heterocycles. The van der Waals surface area contributed by atoms with Crippen molar-refractivity contribution in [2.75, 3.05) is 13.2 Å². The van der Waals surface area contributed by atoms with E-state index in [9.17, 15) is 4.79 Å². The highest BCUT2D eigenvalue weighted by molar-refractivity contribution is 5.90. The van der Waals surface area contributed by atoms with Crippen LogP contribution in [0, 0.1) is 5.92 Å². The Balaban J connectivity index is 2.71. The maximum Gasteiger partial charge on any atom is 0.337 e. The van der Waals surface area contributed by atoms with Crippen molar-refractivity contribution in [3.8, 4) is 0 Å². The van der Waals surface area contributed by atoms with E-state index in [0.717, 1.165) is 0 Å². The van der Waals surface area contributed by atoms with Crippen molar-refractivity contribution < 1.29 is 19.0 Å². The van der Waals surface area contributed by atoms with Crippen LogP contribution < -0.4 is 0 Å². The maximum absolute atomic E-state index is 11.6. The number of hydrogen-bond acceptors (Lipinski definition) is 4. The Labute approximate surface area is 90.2 Å². The van der Waals surface area contributed by atoms with Crippen LogP contribution in [0.25, 0.3) is 0 Å². The first-order valence-electron chi connectivity index (χ1n) is 5.27. The van der Waals surface area contributed by atoms with Gasteiger partial charge in [-0.2, -0.15) is 0 Å². The van der Waals surface area contributed by atoms with Gasteiger partial charge in [0.25, 0.3) is 0 Å². The molecule has 0 N–H and O–H groups in total. The van der Waals surface area contributed by atoms with Gasteiger partial charge in [-0.15, -0.1) is 0 Å². The Kier molecular flexibility index (Phi) is 4.15. The molecule has 2 atom stereocenters. The van der Waals surface area contributed by atoms with Crippen molar-refractivity contribution >= 4 is 5.97 Å². The maximum atomic E-state index is 11.6. The average molecular weight is 214 g/mol. The second kappa shape index (κ2) is 5.16.